The van der Waals surface area contributed by atoms with Crippen molar-refractivity contribution in [2.45, 2.75) is 19.8 Å². The summed E-state index contributed by atoms with van der Waals surface area (Å²) in [7, 11) is 0. The number of hydrogen-bond donors (Lipinski definition) is 3. The van der Waals surface area contributed by atoms with Gasteiger partial charge in [-0.2, -0.15) is 5.10 Å². The lowest BCUT2D eigenvalue weighted by Gasteiger charge is -2.05. The number of nitrogens with zero attached hydrogens (tertiary/aromatic N) is 5. The highest BCUT2D eigenvalue weighted by atomic mass is 16.1. The second kappa shape index (κ2) is 9.03. The molecule has 5 heterocycles. The summed E-state index contributed by atoms with van der Waals surface area (Å²) in [6.07, 6.45) is 6.49. The van der Waals surface area contributed by atoms with Gasteiger partial charge in [-0.05, 0) is 42.8 Å². The normalized spacial score (nSPS) is 11.2. The molecule has 0 aliphatic heterocycles. The lowest BCUT2D eigenvalue weighted by atomic mass is 10.1. The molecule has 9 nitrogen and oxygen atoms in total. The van der Waals surface area contributed by atoms with Crippen LogP contribution in [0.15, 0.2) is 73.2 Å². The molecule has 0 aliphatic carbocycles. The molecule has 1 amide bonds. The van der Waals surface area contributed by atoms with Crippen LogP contribution in [0, 0.1) is 0 Å². The van der Waals surface area contributed by atoms with Crippen LogP contribution in [0.25, 0.3) is 56.0 Å². The fourth-order valence-electron chi connectivity index (χ4n) is 4.18. The number of aromatic nitrogens is 7. The topological polar surface area (TPSA) is 125 Å². The fourth-order valence-corrected chi connectivity index (χ4v) is 4.18. The maximum Gasteiger partial charge on any atom is 0.225 e. The Kier molecular flexibility index (Phi) is 5.42. The number of carbonyl (C=O) groups excluding carboxylic acids is 1. The SMILES string of the molecule is CCCC(=O)Nc1ccc(-c2cc3c(-c4nc5c(-c6ccccn6)cccc5[nH]4)n[nH]c3cn2)cn1. The number of benzene rings is 1. The van der Waals surface area contributed by atoms with Crippen molar-refractivity contribution in [3.05, 3.63) is 73.2 Å². The Hall–Kier alpha value is -4.92. The summed E-state index contributed by atoms with van der Waals surface area (Å²) in [4.78, 5) is 33.5. The van der Waals surface area contributed by atoms with Gasteiger partial charge in [-0.15, -0.1) is 0 Å². The molecule has 176 valence electrons. The van der Waals surface area contributed by atoms with Crippen LogP contribution < -0.4 is 5.32 Å². The van der Waals surface area contributed by atoms with Crippen LogP contribution in [0.1, 0.15) is 19.8 Å². The number of fused-ring (bicyclic) bond motifs is 2. The molecular formula is C27H22N8O. The van der Waals surface area contributed by atoms with Gasteiger partial charge in [-0.25, -0.2) is 9.97 Å². The monoisotopic (exact) mass is 474 g/mol. The Labute approximate surface area is 206 Å². The van der Waals surface area contributed by atoms with Crippen molar-refractivity contribution in [1.29, 1.82) is 0 Å². The van der Waals surface area contributed by atoms with Crippen molar-refractivity contribution in [2.24, 2.45) is 0 Å². The van der Waals surface area contributed by atoms with Crippen LogP contribution in [-0.2, 0) is 4.79 Å². The van der Waals surface area contributed by atoms with E-state index in [1.807, 2.05) is 55.5 Å². The van der Waals surface area contributed by atoms with Gasteiger partial charge in [-0.3, -0.25) is 19.9 Å². The van der Waals surface area contributed by atoms with Crippen LogP contribution >= 0.6 is 0 Å². The largest absolute Gasteiger partial charge is 0.337 e. The summed E-state index contributed by atoms with van der Waals surface area (Å²) >= 11 is 0. The minimum atomic E-state index is -0.0441. The second-order valence-electron chi connectivity index (χ2n) is 8.42. The lowest BCUT2D eigenvalue weighted by Crippen LogP contribution is -2.11. The molecule has 0 saturated heterocycles. The quantitative estimate of drug-likeness (QED) is 0.298. The molecule has 0 atom stereocenters. The zero-order valence-electron chi connectivity index (χ0n) is 19.5. The van der Waals surface area contributed by atoms with Crippen molar-refractivity contribution in [3.8, 4) is 34.0 Å². The predicted octanol–water partition coefficient (Wildman–Crippen LogP) is 5.36. The second-order valence-corrected chi connectivity index (χ2v) is 8.42. The molecule has 0 saturated carbocycles. The van der Waals surface area contributed by atoms with E-state index in [9.17, 15) is 4.79 Å². The average Bonchev–Trinajstić information content (AvgIpc) is 3.53. The molecule has 0 radical (unpaired) electrons. The summed E-state index contributed by atoms with van der Waals surface area (Å²) in [5.41, 5.74) is 6.64. The molecule has 3 N–H and O–H groups in total. The first-order valence-electron chi connectivity index (χ1n) is 11.7. The Morgan fingerprint density at radius 1 is 0.944 bits per heavy atom. The first kappa shape index (κ1) is 21.6. The highest BCUT2D eigenvalue weighted by molar-refractivity contribution is 5.97. The van der Waals surface area contributed by atoms with Gasteiger partial charge in [0.15, 0.2) is 5.82 Å². The Morgan fingerprint density at radius 2 is 1.89 bits per heavy atom. The molecule has 0 fully saturated rings. The van der Waals surface area contributed by atoms with Gasteiger partial charge < -0.3 is 10.3 Å². The molecule has 5 aromatic heterocycles. The molecule has 0 spiro atoms. The van der Waals surface area contributed by atoms with Crippen molar-refractivity contribution >= 4 is 33.7 Å². The van der Waals surface area contributed by atoms with E-state index in [0.717, 1.165) is 50.9 Å². The molecule has 0 unspecified atom stereocenters. The van der Waals surface area contributed by atoms with Crippen molar-refractivity contribution in [3.63, 3.8) is 0 Å². The van der Waals surface area contributed by atoms with Crippen LogP contribution in [0.4, 0.5) is 5.82 Å². The number of amides is 1. The maximum atomic E-state index is 11.8. The number of H-pyrrole nitrogens is 2. The molecule has 0 aliphatic rings. The molecule has 1 aromatic carbocycles. The third-order valence-corrected chi connectivity index (χ3v) is 5.93. The van der Waals surface area contributed by atoms with Crippen LogP contribution in [-0.4, -0.2) is 41.0 Å². The first-order valence-corrected chi connectivity index (χ1v) is 11.7. The standard InChI is InChI=1S/C27H22N8O/c1-2-6-24(36)32-23-11-10-16(14-30-23)21-13-18-22(15-29-21)34-35-26(18)27-31-20-9-5-7-17(25(20)33-27)19-8-3-4-12-28-19/h3-5,7-15H,2,6H2,1H3,(H,31,33)(H,34,35)(H,30,32,36). The van der Waals surface area contributed by atoms with Crippen LogP contribution in [0.5, 0.6) is 0 Å². The highest BCUT2D eigenvalue weighted by Crippen LogP contribution is 2.32. The van der Waals surface area contributed by atoms with Gasteiger partial charge in [0.05, 0.1) is 34.1 Å². The van der Waals surface area contributed by atoms with Crippen molar-refractivity contribution < 1.29 is 4.79 Å². The van der Waals surface area contributed by atoms with Gasteiger partial charge in [0.2, 0.25) is 5.91 Å². The lowest BCUT2D eigenvalue weighted by molar-refractivity contribution is -0.116. The maximum absolute atomic E-state index is 11.8. The Morgan fingerprint density at radius 3 is 2.69 bits per heavy atom. The third-order valence-electron chi connectivity index (χ3n) is 5.93. The summed E-state index contributed by atoms with van der Waals surface area (Å²) in [5.74, 6) is 1.13. The number of nitrogens with one attached hydrogen (secondary N) is 3. The van der Waals surface area contributed by atoms with Gasteiger partial charge in [0.25, 0.3) is 0 Å². The number of anilines is 1. The van der Waals surface area contributed by atoms with E-state index in [1.54, 1.807) is 24.7 Å². The van der Waals surface area contributed by atoms with E-state index >= 15 is 0 Å². The molecule has 36 heavy (non-hydrogen) atoms. The number of rotatable bonds is 6. The first-order chi connectivity index (χ1) is 17.7. The summed E-state index contributed by atoms with van der Waals surface area (Å²) in [6, 6.07) is 17.5. The number of imidazole rings is 1. The Balaban J connectivity index is 1.37. The van der Waals surface area contributed by atoms with E-state index in [1.165, 1.54) is 0 Å². The number of carbonyl (C=O) groups is 1. The summed E-state index contributed by atoms with van der Waals surface area (Å²) in [6.45, 7) is 1.97. The van der Waals surface area contributed by atoms with Gasteiger partial charge >= 0.3 is 0 Å². The zero-order chi connectivity index (χ0) is 24.5. The molecule has 9 heteroatoms. The van der Waals surface area contributed by atoms with E-state index in [4.69, 9.17) is 4.98 Å². The minimum Gasteiger partial charge on any atom is -0.337 e. The van der Waals surface area contributed by atoms with E-state index < -0.39 is 0 Å². The highest BCUT2D eigenvalue weighted by Gasteiger charge is 2.16. The zero-order valence-corrected chi connectivity index (χ0v) is 19.5. The van der Waals surface area contributed by atoms with Gasteiger partial charge in [0.1, 0.15) is 11.5 Å². The molecular weight excluding hydrogens is 452 g/mol. The number of hydrogen-bond acceptors (Lipinski definition) is 6. The van der Waals surface area contributed by atoms with E-state index in [-0.39, 0.29) is 5.91 Å². The predicted molar refractivity (Wildman–Crippen MR) is 139 cm³/mol. The van der Waals surface area contributed by atoms with E-state index in [0.29, 0.717) is 23.8 Å². The smallest absolute Gasteiger partial charge is 0.225 e. The minimum absolute atomic E-state index is 0.0441. The van der Waals surface area contributed by atoms with Crippen molar-refractivity contribution in [2.75, 3.05) is 5.32 Å². The molecule has 0 bridgehead atoms. The summed E-state index contributed by atoms with van der Waals surface area (Å²) < 4.78 is 0. The fraction of sp³-hybridized carbons (Fsp3) is 0.111. The average molecular weight is 475 g/mol. The Bertz CT molecular complexity index is 1690. The summed E-state index contributed by atoms with van der Waals surface area (Å²) in [5, 5.41) is 11.3. The molecule has 6 aromatic rings. The number of aromatic amines is 2. The van der Waals surface area contributed by atoms with Crippen LogP contribution in [0.3, 0.4) is 0 Å². The van der Waals surface area contributed by atoms with Crippen LogP contribution in [0.2, 0.25) is 0 Å². The van der Waals surface area contributed by atoms with E-state index in [2.05, 4.69) is 35.5 Å². The van der Waals surface area contributed by atoms with Crippen molar-refractivity contribution in [1.82, 2.24) is 35.1 Å². The molecule has 6 rings (SSSR count). The van der Waals surface area contributed by atoms with Gasteiger partial charge in [-0.1, -0.05) is 25.1 Å². The van der Waals surface area contributed by atoms with Gasteiger partial charge in [0, 0.05) is 35.3 Å². The third kappa shape index (κ3) is 3.96. The number of para-hydroxylation sites is 1. The number of pyridine rings is 3.